The Morgan fingerprint density at radius 3 is 2.72 bits per heavy atom. The maximum absolute atomic E-state index is 12.5. The quantitative estimate of drug-likeness (QED) is 0.216. The molecule has 13 heteroatoms. The van der Waals surface area contributed by atoms with E-state index in [9.17, 15) is 19.2 Å². The highest BCUT2D eigenvalue weighted by molar-refractivity contribution is 5.74. The summed E-state index contributed by atoms with van der Waals surface area (Å²) in [6.07, 6.45) is -0.513. The molecule has 0 saturated carbocycles. The predicted octanol–water partition coefficient (Wildman–Crippen LogP) is 0.386. The normalized spacial score (nSPS) is 24.8. The number of rotatable bonds is 10. The first-order chi connectivity index (χ1) is 15.3. The van der Waals surface area contributed by atoms with Crippen LogP contribution in [0.4, 0.5) is 10.6 Å². The largest absolute Gasteiger partial charge is 0.509 e. The third-order valence-electron chi connectivity index (χ3n) is 4.87. The van der Waals surface area contributed by atoms with Crippen LogP contribution in [-0.4, -0.2) is 58.6 Å². The molecule has 0 aliphatic carbocycles. The molecule has 0 amide bonds. The van der Waals surface area contributed by atoms with Gasteiger partial charge in [-0.3, -0.25) is 9.36 Å². The average Bonchev–Trinajstić information content (AvgIpc) is 3.28. The summed E-state index contributed by atoms with van der Waals surface area (Å²) in [5, 5.41) is 0. The molecule has 1 unspecified atom stereocenters. The number of nitrogens with one attached hydrogen (secondary N) is 1. The van der Waals surface area contributed by atoms with Crippen molar-refractivity contribution in [3.05, 3.63) is 22.7 Å². The zero-order valence-corrected chi connectivity index (χ0v) is 17.7. The van der Waals surface area contributed by atoms with Crippen molar-refractivity contribution in [1.29, 1.82) is 0 Å². The van der Waals surface area contributed by atoms with Crippen LogP contribution >= 0.6 is 0 Å². The number of anilines is 1. The standard InChI is InChI=1S/C19H26N4O9/c1-3-4-5-6-13(24)32-22-12-7-8-23(18(26)21-12)16-15-14(30-19(27)31-15)11(29-16)9-28-17(25)10(2)20/h7-8,10-11,14-16H,3-6,9,20H2,1-2H3,(H,21,22,26)/t10-,11?,14+,15+,16+/m0/s1. The van der Waals surface area contributed by atoms with Crippen molar-refractivity contribution in [1.82, 2.24) is 9.55 Å². The summed E-state index contributed by atoms with van der Waals surface area (Å²) >= 11 is 0. The smallest absolute Gasteiger partial charge is 0.462 e. The molecule has 13 nitrogen and oxygen atoms in total. The number of aromatic nitrogens is 2. The number of unbranched alkanes of at least 4 members (excludes halogenated alkanes) is 2. The molecule has 0 bridgehead atoms. The van der Waals surface area contributed by atoms with Gasteiger partial charge in [-0.1, -0.05) is 19.8 Å². The first kappa shape index (κ1) is 23.5. The lowest BCUT2D eigenvalue weighted by molar-refractivity contribution is -0.151. The van der Waals surface area contributed by atoms with Crippen molar-refractivity contribution in [2.75, 3.05) is 12.1 Å². The highest BCUT2D eigenvalue weighted by Gasteiger charge is 2.55. The van der Waals surface area contributed by atoms with E-state index in [1.54, 1.807) is 0 Å². The van der Waals surface area contributed by atoms with E-state index in [-0.39, 0.29) is 18.8 Å². The van der Waals surface area contributed by atoms with Gasteiger partial charge in [-0.05, 0) is 13.3 Å². The molecule has 2 aliphatic rings. The third kappa shape index (κ3) is 5.53. The molecule has 3 heterocycles. The van der Waals surface area contributed by atoms with Crippen LogP contribution in [0.5, 0.6) is 0 Å². The fourth-order valence-electron chi connectivity index (χ4n) is 3.22. The summed E-state index contributed by atoms with van der Waals surface area (Å²) in [6, 6.07) is 0.554. The second kappa shape index (κ2) is 10.4. The number of carbonyl (C=O) groups excluding carboxylic acids is 3. The van der Waals surface area contributed by atoms with Gasteiger partial charge >= 0.3 is 23.8 Å². The van der Waals surface area contributed by atoms with Gasteiger partial charge in [0.1, 0.15) is 18.8 Å². The minimum absolute atomic E-state index is 0.0201. The Balaban J connectivity index is 1.65. The van der Waals surface area contributed by atoms with E-state index >= 15 is 0 Å². The first-order valence-corrected chi connectivity index (χ1v) is 10.3. The van der Waals surface area contributed by atoms with Crippen LogP contribution in [0, 0.1) is 0 Å². The monoisotopic (exact) mass is 454 g/mol. The number of hydrogen-bond donors (Lipinski definition) is 2. The van der Waals surface area contributed by atoms with Gasteiger partial charge in [0.05, 0.1) is 0 Å². The summed E-state index contributed by atoms with van der Waals surface area (Å²) < 4.78 is 22.1. The molecule has 1 aromatic heterocycles. The SMILES string of the molecule is CCCCCC(=O)ONc1ccn([C@@H]2OC(COC(=O)[C@H](C)N)[C@H]3OC(=O)O[C@H]32)c(=O)n1. The Morgan fingerprint density at radius 1 is 1.28 bits per heavy atom. The van der Waals surface area contributed by atoms with Crippen molar-refractivity contribution >= 4 is 23.9 Å². The molecule has 3 rings (SSSR count). The Hall–Kier alpha value is -3.19. The van der Waals surface area contributed by atoms with Crippen molar-refractivity contribution in [2.24, 2.45) is 5.73 Å². The molecular formula is C19H26N4O9. The number of carbonyl (C=O) groups is 3. The van der Waals surface area contributed by atoms with Crippen molar-refractivity contribution in [2.45, 2.75) is 70.1 Å². The van der Waals surface area contributed by atoms with Crippen LogP contribution in [0.1, 0.15) is 45.8 Å². The van der Waals surface area contributed by atoms with Gasteiger partial charge < -0.3 is 29.5 Å². The molecule has 5 atom stereocenters. The first-order valence-electron chi connectivity index (χ1n) is 10.3. The summed E-state index contributed by atoms with van der Waals surface area (Å²) in [6.45, 7) is 3.24. The number of fused-ring (bicyclic) bond motifs is 1. The van der Waals surface area contributed by atoms with Crippen molar-refractivity contribution < 1.29 is 38.2 Å². The lowest BCUT2D eigenvalue weighted by Gasteiger charge is -2.18. The highest BCUT2D eigenvalue weighted by Crippen LogP contribution is 2.37. The van der Waals surface area contributed by atoms with Crippen LogP contribution in [0.3, 0.4) is 0 Å². The van der Waals surface area contributed by atoms with Crippen LogP contribution in [0.2, 0.25) is 0 Å². The minimum Gasteiger partial charge on any atom is -0.462 e. The fraction of sp³-hybridized carbons (Fsp3) is 0.632. The van der Waals surface area contributed by atoms with E-state index in [1.807, 2.05) is 6.92 Å². The van der Waals surface area contributed by atoms with E-state index in [1.165, 1.54) is 19.2 Å². The number of hydrogen-bond acceptors (Lipinski definition) is 12. The zero-order chi connectivity index (χ0) is 23.3. The second-order valence-corrected chi connectivity index (χ2v) is 7.43. The fourth-order valence-corrected chi connectivity index (χ4v) is 3.22. The molecule has 32 heavy (non-hydrogen) atoms. The van der Waals surface area contributed by atoms with E-state index < -0.39 is 54.4 Å². The van der Waals surface area contributed by atoms with E-state index in [4.69, 9.17) is 29.5 Å². The number of ether oxygens (including phenoxy) is 4. The molecule has 0 aromatic carbocycles. The second-order valence-electron chi connectivity index (χ2n) is 7.43. The average molecular weight is 454 g/mol. The lowest BCUT2D eigenvalue weighted by atomic mass is 10.1. The Kier molecular flexibility index (Phi) is 7.64. The molecule has 176 valence electrons. The Labute approximate surface area is 183 Å². The maximum Gasteiger partial charge on any atom is 0.509 e. The van der Waals surface area contributed by atoms with Gasteiger partial charge in [0, 0.05) is 18.7 Å². The summed E-state index contributed by atoms with van der Waals surface area (Å²) in [5.74, 6) is -1.10. The van der Waals surface area contributed by atoms with Gasteiger partial charge in [0.25, 0.3) is 0 Å². The number of nitrogens with zero attached hydrogens (tertiary/aromatic N) is 2. The van der Waals surface area contributed by atoms with E-state index in [0.717, 1.165) is 17.4 Å². The third-order valence-corrected chi connectivity index (χ3v) is 4.87. The molecule has 2 aliphatic heterocycles. The summed E-state index contributed by atoms with van der Waals surface area (Å²) in [4.78, 5) is 56.1. The predicted molar refractivity (Wildman–Crippen MR) is 106 cm³/mol. The maximum atomic E-state index is 12.5. The van der Waals surface area contributed by atoms with Crippen LogP contribution in [0.25, 0.3) is 0 Å². The van der Waals surface area contributed by atoms with Gasteiger partial charge in [0.15, 0.2) is 24.3 Å². The number of nitrogens with two attached hydrogens (primary N) is 1. The molecule has 0 radical (unpaired) electrons. The highest BCUT2D eigenvalue weighted by atomic mass is 16.8. The van der Waals surface area contributed by atoms with Gasteiger partial charge in [0.2, 0.25) is 0 Å². The zero-order valence-electron chi connectivity index (χ0n) is 17.7. The molecule has 3 N–H and O–H groups in total. The summed E-state index contributed by atoms with van der Waals surface area (Å²) in [7, 11) is 0. The van der Waals surface area contributed by atoms with Gasteiger partial charge in [-0.2, -0.15) is 4.98 Å². The molecule has 2 fully saturated rings. The number of esters is 1. The van der Waals surface area contributed by atoms with Crippen LogP contribution in [0.15, 0.2) is 17.1 Å². The van der Waals surface area contributed by atoms with Crippen molar-refractivity contribution in [3.63, 3.8) is 0 Å². The lowest BCUT2D eigenvalue weighted by Crippen LogP contribution is -2.36. The van der Waals surface area contributed by atoms with E-state index in [0.29, 0.717) is 6.42 Å². The molecule has 0 spiro atoms. The van der Waals surface area contributed by atoms with Crippen molar-refractivity contribution in [3.8, 4) is 0 Å². The Morgan fingerprint density at radius 2 is 2.03 bits per heavy atom. The molecule has 2 saturated heterocycles. The molecule has 1 aromatic rings. The van der Waals surface area contributed by atoms with Crippen LogP contribution < -0.4 is 16.9 Å². The topological polar surface area (TPSA) is 170 Å². The van der Waals surface area contributed by atoms with Crippen LogP contribution in [-0.2, 0) is 33.4 Å². The van der Waals surface area contributed by atoms with E-state index in [2.05, 4.69) is 10.5 Å². The minimum atomic E-state index is -1.06. The van der Waals surface area contributed by atoms with Gasteiger partial charge in [-0.25, -0.2) is 19.9 Å². The Bertz CT molecular complexity index is 903. The van der Waals surface area contributed by atoms with Gasteiger partial charge in [-0.15, -0.1) is 0 Å². The molecular weight excluding hydrogens is 428 g/mol. The summed E-state index contributed by atoms with van der Waals surface area (Å²) in [5.41, 5.74) is 7.05.